The Kier molecular flexibility index (Phi) is 7.14. The van der Waals surface area contributed by atoms with Crippen LogP contribution < -0.4 is 15.4 Å². The van der Waals surface area contributed by atoms with E-state index in [-0.39, 0.29) is 18.5 Å². The van der Waals surface area contributed by atoms with Crippen LogP contribution in [0.4, 0.5) is 10.1 Å². The number of halogens is 1. The zero-order valence-corrected chi connectivity index (χ0v) is 20.2. The highest BCUT2D eigenvalue weighted by atomic mass is 32.2. The Morgan fingerprint density at radius 2 is 2.23 bits per heavy atom. The van der Waals surface area contributed by atoms with E-state index in [2.05, 4.69) is 20.6 Å². The number of amides is 1. The number of β-amino-alcohol motifs (C(OH)–C–C–N with tert-alkyl or cyclic N) is 1. The molecule has 2 aromatic heterocycles. The molecule has 0 unspecified atom stereocenters. The fourth-order valence-electron chi connectivity index (χ4n) is 4.64. The number of nitrogens with zero attached hydrogens (tertiary/aromatic N) is 3. The molecule has 2 aliphatic heterocycles. The van der Waals surface area contributed by atoms with E-state index in [4.69, 9.17) is 4.74 Å². The van der Waals surface area contributed by atoms with Crippen LogP contribution in [0.3, 0.4) is 0 Å². The van der Waals surface area contributed by atoms with Gasteiger partial charge in [-0.3, -0.25) is 14.7 Å². The van der Waals surface area contributed by atoms with Crippen molar-refractivity contribution in [2.24, 2.45) is 0 Å². The molecule has 0 aliphatic carbocycles. The van der Waals surface area contributed by atoms with E-state index in [1.807, 2.05) is 29.2 Å². The second-order valence-corrected chi connectivity index (χ2v) is 9.85. The van der Waals surface area contributed by atoms with Crippen LogP contribution in [0.2, 0.25) is 0 Å². The SMILES string of the molecule is COc1ccc2nccc([C@@H](O)CN3CC[C@@H](NCc4cnc5c(c4)NC(=O)CS5)[C@@H](F)C3)c2c1. The quantitative estimate of drug-likeness (QED) is 0.458. The van der Waals surface area contributed by atoms with Crippen molar-refractivity contribution < 1.29 is 19.0 Å². The summed E-state index contributed by atoms with van der Waals surface area (Å²) in [5.41, 5.74) is 3.15. The Balaban J connectivity index is 1.17. The number of aromatic nitrogens is 2. The molecule has 1 fully saturated rings. The topological polar surface area (TPSA) is 99.6 Å². The zero-order chi connectivity index (χ0) is 24.4. The number of ether oxygens (including phenoxy) is 1. The average molecular weight is 498 g/mol. The van der Waals surface area contributed by atoms with Gasteiger partial charge in [-0.25, -0.2) is 9.37 Å². The van der Waals surface area contributed by atoms with Crippen molar-refractivity contribution in [2.45, 2.75) is 36.3 Å². The summed E-state index contributed by atoms with van der Waals surface area (Å²) in [5, 5.41) is 18.7. The maximum Gasteiger partial charge on any atom is 0.234 e. The predicted octanol–water partition coefficient (Wildman–Crippen LogP) is 2.92. The molecule has 3 atom stereocenters. The van der Waals surface area contributed by atoms with Gasteiger partial charge in [0.05, 0.1) is 30.2 Å². The highest BCUT2D eigenvalue weighted by Crippen LogP contribution is 2.30. The molecule has 0 bridgehead atoms. The highest BCUT2D eigenvalue weighted by molar-refractivity contribution is 8.00. The number of thioether (sulfide) groups is 1. The molecule has 1 aromatic carbocycles. The van der Waals surface area contributed by atoms with Crippen molar-refractivity contribution in [3.63, 3.8) is 0 Å². The monoisotopic (exact) mass is 497 g/mol. The number of pyridine rings is 2. The van der Waals surface area contributed by atoms with Gasteiger partial charge in [-0.15, -0.1) is 0 Å². The number of alkyl halides is 1. The standard InChI is InChI=1S/C25H28FN5O3S/c1-34-16-2-3-20-18(9-16)17(4-6-27-20)23(32)13-31-7-5-21(19(26)12-31)28-10-15-8-22-25(29-11-15)35-14-24(33)30-22/h2-4,6,8-9,11,19,21,23,28,32H,5,7,10,12-14H2,1H3,(H,30,33)/t19-,21+,23-/m0/s1. The number of hydrogen-bond acceptors (Lipinski definition) is 8. The third kappa shape index (κ3) is 5.40. The van der Waals surface area contributed by atoms with Gasteiger partial charge in [-0.05, 0) is 54.4 Å². The number of methoxy groups -OCH3 is 1. The fourth-order valence-corrected chi connectivity index (χ4v) is 5.37. The summed E-state index contributed by atoms with van der Waals surface area (Å²) >= 11 is 1.42. The van der Waals surface area contributed by atoms with Crippen molar-refractivity contribution in [1.82, 2.24) is 20.2 Å². The largest absolute Gasteiger partial charge is 0.497 e. The minimum Gasteiger partial charge on any atom is -0.497 e. The number of hydrogen-bond donors (Lipinski definition) is 3. The molecule has 3 aromatic rings. The number of nitrogens with one attached hydrogen (secondary N) is 2. The normalized spacial score (nSPS) is 21.4. The Hall–Kier alpha value is -2.79. The van der Waals surface area contributed by atoms with E-state index in [0.717, 1.165) is 27.1 Å². The van der Waals surface area contributed by atoms with Crippen LogP contribution in [-0.2, 0) is 11.3 Å². The van der Waals surface area contributed by atoms with Crippen LogP contribution in [0.15, 0.2) is 47.8 Å². The third-order valence-electron chi connectivity index (χ3n) is 6.49. The number of aliphatic hydroxyl groups is 1. The molecule has 0 saturated carbocycles. The van der Waals surface area contributed by atoms with Gasteiger partial charge in [0.25, 0.3) is 0 Å². The first-order valence-corrected chi connectivity index (χ1v) is 12.6. The van der Waals surface area contributed by atoms with Crippen molar-refractivity contribution in [2.75, 3.05) is 37.8 Å². The summed E-state index contributed by atoms with van der Waals surface area (Å²) in [4.78, 5) is 22.4. The van der Waals surface area contributed by atoms with Gasteiger partial charge in [0, 0.05) is 43.5 Å². The smallest absolute Gasteiger partial charge is 0.234 e. The van der Waals surface area contributed by atoms with Crippen LogP contribution >= 0.6 is 11.8 Å². The van der Waals surface area contributed by atoms with Crippen LogP contribution in [0.25, 0.3) is 10.9 Å². The lowest BCUT2D eigenvalue weighted by Crippen LogP contribution is -2.51. The second-order valence-electron chi connectivity index (χ2n) is 8.88. The van der Waals surface area contributed by atoms with Crippen LogP contribution in [0.5, 0.6) is 5.75 Å². The number of aliphatic hydroxyl groups excluding tert-OH is 1. The summed E-state index contributed by atoms with van der Waals surface area (Å²) in [6.45, 7) is 1.74. The summed E-state index contributed by atoms with van der Waals surface area (Å²) in [6, 6.07) is 8.99. The Bertz CT molecular complexity index is 1230. The van der Waals surface area contributed by atoms with E-state index >= 15 is 4.39 Å². The molecule has 2 aliphatic rings. The predicted molar refractivity (Wildman–Crippen MR) is 133 cm³/mol. The molecule has 184 valence electrons. The molecule has 3 N–H and O–H groups in total. The van der Waals surface area contributed by atoms with Gasteiger partial charge in [0.2, 0.25) is 5.91 Å². The molecular formula is C25H28FN5O3S. The van der Waals surface area contributed by atoms with Gasteiger partial charge in [0.15, 0.2) is 0 Å². The minimum atomic E-state index is -1.06. The summed E-state index contributed by atoms with van der Waals surface area (Å²) in [6.07, 6.45) is 2.25. The zero-order valence-electron chi connectivity index (χ0n) is 19.4. The third-order valence-corrected chi connectivity index (χ3v) is 7.49. The summed E-state index contributed by atoms with van der Waals surface area (Å²) < 4.78 is 20.4. The molecule has 0 radical (unpaired) electrons. The fraction of sp³-hybridized carbons (Fsp3) is 0.400. The lowest BCUT2D eigenvalue weighted by molar-refractivity contribution is -0.113. The number of piperidine rings is 1. The first-order chi connectivity index (χ1) is 17.0. The first-order valence-electron chi connectivity index (χ1n) is 11.6. The molecular weight excluding hydrogens is 469 g/mol. The molecule has 1 saturated heterocycles. The maximum atomic E-state index is 15.0. The van der Waals surface area contributed by atoms with E-state index in [1.165, 1.54) is 11.8 Å². The van der Waals surface area contributed by atoms with Crippen LogP contribution in [-0.4, -0.2) is 70.6 Å². The number of fused-ring (bicyclic) bond motifs is 2. The molecule has 0 spiro atoms. The maximum absolute atomic E-state index is 15.0. The molecule has 5 rings (SSSR count). The van der Waals surface area contributed by atoms with E-state index in [1.54, 1.807) is 25.6 Å². The van der Waals surface area contributed by atoms with Gasteiger partial charge in [-0.1, -0.05) is 11.8 Å². The molecule has 35 heavy (non-hydrogen) atoms. The minimum absolute atomic E-state index is 0.0355. The van der Waals surface area contributed by atoms with Crippen molar-refractivity contribution in [3.8, 4) is 5.75 Å². The molecule has 1 amide bonds. The highest BCUT2D eigenvalue weighted by Gasteiger charge is 2.30. The van der Waals surface area contributed by atoms with Crippen molar-refractivity contribution in [3.05, 3.63) is 53.9 Å². The van der Waals surface area contributed by atoms with Crippen LogP contribution in [0, 0.1) is 0 Å². The van der Waals surface area contributed by atoms with Gasteiger partial charge < -0.3 is 20.5 Å². The van der Waals surface area contributed by atoms with Crippen molar-refractivity contribution >= 4 is 34.3 Å². The van der Waals surface area contributed by atoms with E-state index < -0.39 is 12.3 Å². The number of benzene rings is 1. The Morgan fingerprint density at radius 1 is 1.34 bits per heavy atom. The lowest BCUT2D eigenvalue weighted by atomic mass is 10.00. The van der Waals surface area contributed by atoms with E-state index in [9.17, 15) is 9.90 Å². The van der Waals surface area contributed by atoms with Gasteiger partial charge in [0.1, 0.15) is 16.9 Å². The lowest BCUT2D eigenvalue weighted by Gasteiger charge is -2.36. The second kappa shape index (κ2) is 10.4. The summed E-state index contributed by atoms with van der Waals surface area (Å²) in [5.74, 6) is 1.04. The summed E-state index contributed by atoms with van der Waals surface area (Å²) in [7, 11) is 1.60. The van der Waals surface area contributed by atoms with Crippen molar-refractivity contribution in [1.29, 1.82) is 0 Å². The van der Waals surface area contributed by atoms with Gasteiger partial charge >= 0.3 is 0 Å². The molecule has 10 heteroatoms. The number of likely N-dealkylation sites (tertiary alicyclic amines) is 1. The van der Waals surface area contributed by atoms with Crippen LogP contribution in [0.1, 0.15) is 23.7 Å². The first kappa shape index (κ1) is 23.9. The molecule has 4 heterocycles. The number of rotatable bonds is 7. The number of carbonyl (C=O) groups is 1. The Labute approximate surface area is 207 Å². The number of anilines is 1. The Morgan fingerprint density at radius 3 is 3.06 bits per heavy atom. The number of carbonyl (C=O) groups excluding carboxylic acids is 1. The molecule has 8 nitrogen and oxygen atoms in total. The van der Waals surface area contributed by atoms with E-state index in [0.29, 0.717) is 43.2 Å². The van der Waals surface area contributed by atoms with Gasteiger partial charge in [-0.2, -0.15) is 0 Å². The average Bonchev–Trinajstić information content (AvgIpc) is 2.87.